The SMILES string of the molecule is Fc1cccc(-c2ccc3cc4c(cc3n2)OCO4)c1. The largest absolute Gasteiger partial charge is 0.454 e. The summed E-state index contributed by atoms with van der Waals surface area (Å²) in [4.78, 5) is 4.56. The summed E-state index contributed by atoms with van der Waals surface area (Å²) < 4.78 is 24.0. The lowest BCUT2D eigenvalue weighted by Gasteiger charge is -2.04. The van der Waals surface area contributed by atoms with Gasteiger partial charge in [-0.05, 0) is 24.3 Å². The van der Waals surface area contributed by atoms with Crippen LogP contribution in [0.1, 0.15) is 0 Å². The van der Waals surface area contributed by atoms with Crippen molar-refractivity contribution in [2.24, 2.45) is 0 Å². The maximum atomic E-state index is 13.3. The van der Waals surface area contributed by atoms with Crippen LogP contribution in [0.2, 0.25) is 0 Å². The average Bonchev–Trinajstić information content (AvgIpc) is 2.91. The molecule has 2 heterocycles. The molecule has 3 nitrogen and oxygen atoms in total. The van der Waals surface area contributed by atoms with Crippen molar-refractivity contribution in [2.45, 2.75) is 0 Å². The zero-order chi connectivity index (χ0) is 13.5. The van der Waals surface area contributed by atoms with Gasteiger partial charge >= 0.3 is 0 Å². The number of ether oxygens (including phenoxy) is 2. The molecule has 0 saturated carbocycles. The Balaban J connectivity index is 1.88. The third-order valence-corrected chi connectivity index (χ3v) is 3.30. The van der Waals surface area contributed by atoms with Gasteiger partial charge in [0.15, 0.2) is 11.5 Å². The highest BCUT2D eigenvalue weighted by atomic mass is 19.1. The lowest BCUT2D eigenvalue weighted by molar-refractivity contribution is 0.174. The monoisotopic (exact) mass is 267 g/mol. The van der Waals surface area contributed by atoms with Crippen LogP contribution < -0.4 is 9.47 Å². The number of hydrogen-bond acceptors (Lipinski definition) is 3. The fourth-order valence-corrected chi connectivity index (χ4v) is 2.32. The van der Waals surface area contributed by atoms with Gasteiger partial charge in [0, 0.05) is 17.0 Å². The predicted molar refractivity (Wildman–Crippen MR) is 73.3 cm³/mol. The maximum absolute atomic E-state index is 13.3. The molecule has 4 rings (SSSR count). The Morgan fingerprint density at radius 1 is 0.950 bits per heavy atom. The summed E-state index contributed by atoms with van der Waals surface area (Å²) in [6.45, 7) is 0.239. The van der Waals surface area contributed by atoms with Gasteiger partial charge < -0.3 is 9.47 Å². The molecule has 98 valence electrons. The van der Waals surface area contributed by atoms with Gasteiger partial charge in [0.1, 0.15) is 5.82 Å². The molecule has 0 aliphatic carbocycles. The van der Waals surface area contributed by atoms with Gasteiger partial charge in [0.05, 0.1) is 11.2 Å². The molecule has 3 aromatic rings. The van der Waals surface area contributed by atoms with E-state index in [0.717, 1.165) is 27.9 Å². The molecule has 1 aliphatic rings. The zero-order valence-corrected chi connectivity index (χ0v) is 10.5. The van der Waals surface area contributed by atoms with E-state index in [0.29, 0.717) is 5.75 Å². The highest BCUT2D eigenvalue weighted by Crippen LogP contribution is 2.36. The molecule has 0 saturated heterocycles. The van der Waals surface area contributed by atoms with Crippen LogP contribution in [0.5, 0.6) is 11.5 Å². The van der Waals surface area contributed by atoms with Gasteiger partial charge in [-0.3, -0.25) is 0 Å². The number of benzene rings is 2. The fourth-order valence-electron chi connectivity index (χ4n) is 2.32. The molecule has 4 heteroatoms. The Morgan fingerprint density at radius 2 is 1.80 bits per heavy atom. The fraction of sp³-hybridized carbons (Fsp3) is 0.0625. The Labute approximate surface area is 114 Å². The predicted octanol–water partition coefficient (Wildman–Crippen LogP) is 3.77. The van der Waals surface area contributed by atoms with Crippen LogP contribution in [0, 0.1) is 5.82 Å². The van der Waals surface area contributed by atoms with E-state index in [1.165, 1.54) is 12.1 Å². The van der Waals surface area contributed by atoms with Gasteiger partial charge in [0.2, 0.25) is 6.79 Å². The first-order chi connectivity index (χ1) is 9.79. The van der Waals surface area contributed by atoms with Gasteiger partial charge in [-0.2, -0.15) is 0 Å². The van der Waals surface area contributed by atoms with Gasteiger partial charge in [-0.15, -0.1) is 0 Å². The van der Waals surface area contributed by atoms with Crippen molar-refractivity contribution in [3.63, 3.8) is 0 Å². The summed E-state index contributed by atoms with van der Waals surface area (Å²) in [6.07, 6.45) is 0. The quantitative estimate of drug-likeness (QED) is 0.672. The van der Waals surface area contributed by atoms with Crippen LogP contribution in [0.25, 0.3) is 22.2 Å². The number of nitrogens with zero attached hydrogens (tertiary/aromatic N) is 1. The summed E-state index contributed by atoms with van der Waals surface area (Å²) in [5.41, 5.74) is 2.29. The molecule has 1 aromatic heterocycles. The smallest absolute Gasteiger partial charge is 0.231 e. The molecule has 0 atom stereocenters. The Bertz CT molecular complexity index is 817. The summed E-state index contributed by atoms with van der Waals surface area (Å²) >= 11 is 0. The van der Waals surface area contributed by atoms with E-state index >= 15 is 0 Å². The van der Waals surface area contributed by atoms with Crippen molar-refractivity contribution in [1.82, 2.24) is 4.98 Å². The van der Waals surface area contributed by atoms with E-state index in [1.807, 2.05) is 30.3 Å². The minimum Gasteiger partial charge on any atom is -0.454 e. The summed E-state index contributed by atoms with van der Waals surface area (Å²) in [5, 5.41) is 0.967. The Kier molecular flexibility index (Phi) is 2.36. The molecule has 2 aromatic carbocycles. The normalized spacial score (nSPS) is 12.8. The molecule has 0 N–H and O–H groups in total. The third-order valence-electron chi connectivity index (χ3n) is 3.30. The minimum atomic E-state index is -0.268. The first kappa shape index (κ1) is 11.2. The van der Waals surface area contributed by atoms with Crippen molar-refractivity contribution >= 4 is 10.9 Å². The van der Waals surface area contributed by atoms with E-state index in [-0.39, 0.29) is 12.6 Å². The molecule has 0 unspecified atom stereocenters. The second-order valence-corrected chi connectivity index (χ2v) is 4.61. The minimum absolute atomic E-state index is 0.239. The molecule has 0 amide bonds. The lowest BCUT2D eigenvalue weighted by atomic mass is 10.1. The van der Waals surface area contributed by atoms with Crippen molar-refractivity contribution in [2.75, 3.05) is 6.79 Å². The Hall–Kier alpha value is -2.62. The van der Waals surface area contributed by atoms with Gasteiger partial charge in [-0.1, -0.05) is 18.2 Å². The number of hydrogen-bond donors (Lipinski definition) is 0. The molecule has 1 aliphatic heterocycles. The van der Waals surface area contributed by atoms with Crippen molar-refractivity contribution in [3.8, 4) is 22.8 Å². The number of fused-ring (bicyclic) bond motifs is 2. The van der Waals surface area contributed by atoms with Crippen LogP contribution in [0.4, 0.5) is 4.39 Å². The molecule has 0 radical (unpaired) electrons. The van der Waals surface area contributed by atoms with E-state index in [9.17, 15) is 4.39 Å². The average molecular weight is 267 g/mol. The zero-order valence-electron chi connectivity index (χ0n) is 10.5. The van der Waals surface area contributed by atoms with Gasteiger partial charge in [0.25, 0.3) is 0 Å². The standard InChI is InChI=1S/C16H10FNO2/c17-12-3-1-2-10(6-12)13-5-4-11-7-15-16(20-9-19-15)8-14(11)18-13/h1-8H,9H2. The molecule has 0 spiro atoms. The van der Waals surface area contributed by atoms with Crippen molar-refractivity contribution < 1.29 is 13.9 Å². The molecular formula is C16H10FNO2. The van der Waals surface area contributed by atoms with E-state index in [1.54, 1.807) is 6.07 Å². The van der Waals surface area contributed by atoms with Gasteiger partial charge in [-0.25, -0.2) is 9.37 Å². The van der Waals surface area contributed by atoms with Crippen LogP contribution in [0.3, 0.4) is 0 Å². The summed E-state index contributed by atoms with van der Waals surface area (Å²) in [7, 11) is 0. The van der Waals surface area contributed by atoms with Crippen LogP contribution in [-0.2, 0) is 0 Å². The topological polar surface area (TPSA) is 31.4 Å². The number of halogens is 1. The molecular weight excluding hydrogens is 257 g/mol. The van der Waals surface area contributed by atoms with Crippen LogP contribution in [0.15, 0.2) is 48.5 Å². The molecule has 0 fully saturated rings. The number of rotatable bonds is 1. The second kappa shape index (κ2) is 4.20. The summed E-state index contributed by atoms with van der Waals surface area (Å²) in [6, 6.07) is 14.0. The van der Waals surface area contributed by atoms with E-state index < -0.39 is 0 Å². The van der Waals surface area contributed by atoms with Crippen LogP contribution >= 0.6 is 0 Å². The molecule has 20 heavy (non-hydrogen) atoms. The number of pyridine rings is 1. The molecule has 0 bridgehead atoms. The highest BCUT2D eigenvalue weighted by molar-refractivity contribution is 5.85. The highest BCUT2D eigenvalue weighted by Gasteiger charge is 2.15. The van der Waals surface area contributed by atoms with E-state index in [2.05, 4.69) is 4.98 Å². The summed E-state index contributed by atoms with van der Waals surface area (Å²) in [5.74, 6) is 1.16. The second-order valence-electron chi connectivity index (χ2n) is 4.61. The first-order valence-corrected chi connectivity index (χ1v) is 6.26. The first-order valence-electron chi connectivity index (χ1n) is 6.26. The maximum Gasteiger partial charge on any atom is 0.231 e. The van der Waals surface area contributed by atoms with Crippen molar-refractivity contribution in [1.29, 1.82) is 0 Å². The Morgan fingerprint density at radius 3 is 2.65 bits per heavy atom. The van der Waals surface area contributed by atoms with Crippen molar-refractivity contribution in [3.05, 3.63) is 54.3 Å². The third kappa shape index (κ3) is 1.77. The van der Waals surface area contributed by atoms with Crippen LogP contribution in [-0.4, -0.2) is 11.8 Å². The van der Waals surface area contributed by atoms with E-state index in [4.69, 9.17) is 9.47 Å². The number of aromatic nitrogens is 1. The lowest BCUT2D eigenvalue weighted by Crippen LogP contribution is -1.92.